The van der Waals surface area contributed by atoms with Gasteiger partial charge in [0.1, 0.15) is 18.8 Å². The molecule has 3 heterocycles. The molecule has 5 rings (SSSR count). The molecule has 0 amide bonds. The Hall–Kier alpha value is -3.64. The van der Waals surface area contributed by atoms with Crippen molar-refractivity contribution in [2.75, 3.05) is 30.3 Å². The fourth-order valence-electron chi connectivity index (χ4n) is 4.64. The lowest BCUT2D eigenvalue weighted by atomic mass is 10.0. The quantitative estimate of drug-likeness (QED) is 0.338. The molecule has 0 unspecified atom stereocenters. The molecular weight excluding hydrogens is 466 g/mol. The Kier molecular flexibility index (Phi) is 6.07. The number of anilines is 1. The second-order valence-electron chi connectivity index (χ2n) is 8.76. The number of aromatic amines is 1. The highest BCUT2D eigenvalue weighted by molar-refractivity contribution is 7.71. The molecule has 0 spiro atoms. The van der Waals surface area contributed by atoms with Gasteiger partial charge in [0.25, 0.3) is 5.56 Å². The van der Waals surface area contributed by atoms with Gasteiger partial charge in [0.05, 0.1) is 16.6 Å². The number of benzene rings is 2. The number of hydrogen-bond donors (Lipinski definition) is 1. The number of aromatic nitrogens is 3. The number of fused-ring (bicyclic) bond motifs is 1. The lowest BCUT2D eigenvalue weighted by molar-refractivity contribution is 0.101. The molecule has 4 aromatic rings. The number of nitrogens with one attached hydrogen (secondary N) is 1. The van der Waals surface area contributed by atoms with E-state index >= 15 is 0 Å². The highest BCUT2D eigenvalue weighted by Gasteiger charge is 2.34. The molecule has 0 bridgehead atoms. The van der Waals surface area contributed by atoms with Crippen LogP contribution in [0.3, 0.4) is 0 Å². The van der Waals surface area contributed by atoms with Gasteiger partial charge in [-0.3, -0.25) is 9.59 Å². The van der Waals surface area contributed by atoms with E-state index in [2.05, 4.69) is 15.2 Å². The van der Waals surface area contributed by atoms with Crippen molar-refractivity contribution in [3.8, 4) is 0 Å². The summed E-state index contributed by atoms with van der Waals surface area (Å²) in [5, 5.41) is 8.25. The molecule has 2 aromatic heterocycles. The van der Waals surface area contributed by atoms with Crippen LogP contribution < -0.4 is 15.8 Å². The topological polar surface area (TPSA) is 96.0 Å². The molecule has 1 aliphatic rings. The lowest BCUT2D eigenvalue weighted by Crippen LogP contribution is -2.38. The first kappa shape index (κ1) is 23.1. The standard InChI is InChI=1S/C26H24FN4O3P/c1-17(32)19-7-4-10-28-25(19)31-11-13-35(34,14-12-31)24-16-18(8-9-22(24)27)15-23-20-5-2-3-6-21(20)26(33)30-29-23/h2-10,16H,11-15H2,1H3,(H,30,33). The van der Waals surface area contributed by atoms with Crippen LogP contribution in [0.15, 0.2) is 65.6 Å². The molecule has 9 heteroatoms. The van der Waals surface area contributed by atoms with E-state index in [0.717, 1.165) is 10.9 Å². The first-order valence-electron chi connectivity index (χ1n) is 11.4. The van der Waals surface area contributed by atoms with Crippen LogP contribution in [0.1, 0.15) is 28.5 Å². The molecule has 1 N–H and O–H groups in total. The largest absolute Gasteiger partial charge is 0.355 e. The third-order valence-corrected chi connectivity index (χ3v) is 9.59. The average Bonchev–Trinajstić information content (AvgIpc) is 2.87. The van der Waals surface area contributed by atoms with Crippen LogP contribution in [0.2, 0.25) is 0 Å². The van der Waals surface area contributed by atoms with Crippen LogP contribution in [0.5, 0.6) is 0 Å². The lowest BCUT2D eigenvalue weighted by Gasteiger charge is -2.34. The summed E-state index contributed by atoms with van der Waals surface area (Å²) in [5.74, 6) is 0.0209. The fraction of sp³-hybridized carbons (Fsp3) is 0.231. The first-order valence-corrected chi connectivity index (χ1v) is 13.5. The second-order valence-corrected chi connectivity index (χ2v) is 11.9. The zero-order valence-corrected chi connectivity index (χ0v) is 20.1. The van der Waals surface area contributed by atoms with Crippen LogP contribution in [0.25, 0.3) is 10.8 Å². The van der Waals surface area contributed by atoms with Crippen molar-refractivity contribution in [2.24, 2.45) is 0 Å². The molecule has 2 aromatic carbocycles. The number of Topliss-reactive ketones (excluding diaryl/α,β-unsaturated/α-hetero) is 1. The number of pyridine rings is 1. The van der Waals surface area contributed by atoms with Crippen molar-refractivity contribution in [3.63, 3.8) is 0 Å². The minimum Gasteiger partial charge on any atom is -0.355 e. The molecular formula is C26H24FN4O3P. The van der Waals surface area contributed by atoms with E-state index in [-0.39, 0.29) is 16.6 Å². The summed E-state index contributed by atoms with van der Waals surface area (Å²) in [5.41, 5.74) is 1.70. The normalized spacial score (nSPS) is 15.3. The highest BCUT2D eigenvalue weighted by atomic mass is 31.2. The number of halogens is 1. The maximum Gasteiger partial charge on any atom is 0.272 e. The minimum atomic E-state index is -3.00. The van der Waals surface area contributed by atoms with E-state index in [1.807, 2.05) is 17.0 Å². The molecule has 0 radical (unpaired) electrons. The van der Waals surface area contributed by atoms with Crippen LogP contribution in [-0.4, -0.2) is 46.4 Å². The predicted octanol–water partition coefficient (Wildman–Crippen LogP) is 3.76. The molecule has 1 fully saturated rings. The zero-order chi connectivity index (χ0) is 24.6. The van der Waals surface area contributed by atoms with E-state index in [1.165, 1.54) is 13.0 Å². The van der Waals surface area contributed by atoms with Gasteiger partial charge in [-0.15, -0.1) is 0 Å². The van der Waals surface area contributed by atoms with Crippen molar-refractivity contribution in [2.45, 2.75) is 13.3 Å². The number of rotatable bonds is 5. The maximum atomic E-state index is 14.9. The van der Waals surface area contributed by atoms with Crippen molar-refractivity contribution < 1.29 is 13.8 Å². The Morgan fingerprint density at radius 2 is 1.83 bits per heavy atom. The van der Waals surface area contributed by atoms with Gasteiger partial charge in [0.2, 0.25) is 0 Å². The minimum absolute atomic E-state index is 0.0796. The third kappa shape index (κ3) is 4.42. The number of carbonyl (C=O) groups excluding carboxylic acids is 1. The Morgan fingerprint density at radius 3 is 2.57 bits per heavy atom. The number of nitrogens with zero attached hydrogens (tertiary/aromatic N) is 3. The Morgan fingerprint density at radius 1 is 1.09 bits per heavy atom. The molecule has 0 aliphatic carbocycles. The molecule has 0 saturated carbocycles. The van der Waals surface area contributed by atoms with Gasteiger partial charge in [0, 0.05) is 48.7 Å². The van der Waals surface area contributed by atoms with E-state index < -0.39 is 13.0 Å². The van der Waals surface area contributed by atoms with Gasteiger partial charge in [-0.2, -0.15) is 5.10 Å². The van der Waals surface area contributed by atoms with Crippen molar-refractivity contribution >= 4 is 34.8 Å². The second kappa shape index (κ2) is 9.19. The maximum absolute atomic E-state index is 14.9. The summed E-state index contributed by atoms with van der Waals surface area (Å²) < 4.78 is 28.8. The molecule has 1 saturated heterocycles. The Bertz CT molecular complexity index is 1540. The number of H-pyrrole nitrogens is 1. The van der Waals surface area contributed by atoms with Gasteiger partial charge in [-0.05, 0) is 42.8 Å². The number of hydrogen-bond acceptors (Lipinski definition) is 6. The van der Waals surface area contributed by atoms with E-state index in [4.69, 9.17) is 0 Å². The first-order chi connectivity index (χ1) is 16.9. The Labute approximate surface area is 201 Å². The highest BCUT2D eigenvalue weighted by Crippen LogP contribution is 2.47. The molecule has 7 nitrogen and oxygen atoms in total. The van der Waals surface area contributed by atoms with Crippen LogP contribution in [0.4, 0.5) is 10.2 Å². The summed E-state index contributed by atoms with van der Waals surface area (Å²) in [6.45, 7) is 2.34. The van der Waals surface area contributed by atoms with Gasteiger partial charge >= 0.3 is 0 Å². The summed E-state index contributed by atoms with van der Waals surface area (Å²) in [6, 6.07) is 15.4. The molecule has 35 heavy (non-hydrogen) atoms. The van der Waals surface area contributed by atoms with Gasteiger partial charge in [0.15, 0.2) is 5.78 Å². The van der Waals surface area contributed by atoms with Crippen molar-refractivity contribution in [1.29, 1.82) is 0 Å². The predicted molar refractivity (Wildman–Crippen MR) is 135 cm³/mol. The molecule has 0 atom stereocenters. The van der Waals surface area contributed by atoms with Gasteiger partial charge in [-0.1, -0.05) is 24.3 Å². The third-order valence-electron chi connectivity index (χ3n) is 6.52. The molecule has 178 valence electrons. The van der Waals surface area contributed by atoms with E-state index in [0.29, 0.717) is 54.3 Å². The molecule has 1 aliphatic heterocycles. The summed E-state index contributed by atoms with van der Waals surface area (Å²) in [4.78, 5) is 30.4. The SMILES string of the molecule is CC(=O)c1cccnc1N1CCP(=O)(c2cc(Cc3n[nH]c(=O)c4ccccc34)ccc2F)CC1. The van der Waals surface area contributed by atoms with Crippen LogP contribution in [0, 0.1) is 5.82 Å². The average molecular weight is 490 g/mol. The summed E-state index contributed by atoms with van der Waals surface area (Å²) >= 11 is 0. The van der Waals surface area contributed by atoms with Gasteiger partial charge in [-0.25, -0.2) is 14.5 Å². The fourth-order valence-corrected chi connectivity index (χ4v) is 7.34. The summed E-state index contributed by atoms with van der Waals surface area (Å²) in [7, 11) is -3.00. The zero-order valence-electron chi connectivity index (χ0n) is 19.2. The smallest absolute Gasteiger partial charge is 0.272 e. The van der Waals surface area contributed by atoms with Crippen LogP contribution in [-0.2, 0) is 11.0 Å². The summed E-state index contributed by atoms with van der Waals surface area (Å²) in [6.07, 6.45) is 2.59. The van der Waals surface area contributed by atoms with Crippen molar-refractivity contribution in [1.82, 2.24) is 15.2 Å². The van der Waals surface area contributed by atoms with E-state index in [9.17, 15) is 18.5 Å². The number of ketones is 1. The van der Waals surface area contributed by atoms with Crippen molar-refractivity contribution in [3.05, 3.63) is 93.8 Å². The monoisotopic (exact) mass is 490 g/mol. The van der Waals surface area contributed by atoms with Gasteiger partial charge < -0.3 is 9.46 Å². The van der Waals surface area contributed by atoms with Crippen LogP contribution >= 0.6 is 7.14 Å². The number of carbonyl (C=O) groups is 1. The Balaban J connectivity index is 1.41. The van der Waals surface area contributed by atoms with E-state index in [1.54, 1.807) is 42.6 Å².